The van der Waals surface area contributed by atoms with Gasteiger partial charge in [-0.1, -0.05) is 18.2 Å². The number of carbonyl (C=O) groups is 2. The van der Waals surface area contributed by atoms with Crippen molar-refractivity contribution in [2.45, 2.75) is 0 Å². The fourth-order valence-corrected chi connectivity index (χ4v) is 2.44. The molecule has 0 unspecified atom stereocenters. The second kappa shape index (κ2) is 5.49. The van der Waals surface area contributed by atoms with Crippen LogP contribution in [0.1, 0.15) is 20.7 Å². The van der Waals surface area contributed by atoms with Gasteiger partial charge in [-0.3, -0.25) is 0 Å². The van der Waals surface area contributed by atoms with Crippen LogP contribution >= 0.6 is 0 Å². The van der Waals surface area contributed by atoms with E-state index in [9.17, 15) is 14.7 Å². The largest absolute Gasteiger partial charge is 0.478 e. The standard InChI is InChI=1S/C17H12N2O4/c1-19-7-6-10(16(20)21)8-15(19)14-9-12(17(22)23)11-4-2-3-5-13(11)18-14/h2-9H,1H3,(H-,20,21,22,23)/p+1. The first-order valence-electron chi connectivity index (χ1n) is 6.84. The van der Waals surface area contributed by atoms with Crippen LogP contribution in [0.25, 0.3) is 22.3 Å². The van der Waals surface area contributed by atoms with Crippen LogP contribution in [-0.4, -0.2) is 27.1 Å². The number of fused-ring (bicyclic) bond motifs is 1. The van der Waals surface area contributed by atoms with Crippen molar-refractivity contribution in [1.82, 2.24) is 4.98 Å². The average molecular weight is 309 g/mol. The van der Waals surface area contributed by atoms with Gasteiger partial charge < -0.3 is 10.2 Å². The number of hydrogen-bond donors (Lipinski definition) is 2. The van der Waals surface area contributed by atoms with Gasteiger partial charge in [-0.2, -0.15) is 4.57 Å². The summed E-state index contributed by atoms with van der Waals surface area (Å²) in [6.45, 7) is 0. The number of para-hydroxylation sites is 1. The number of nitrogens with zero attached hydrogens (tertiary/aromatic N) is 2. The summed E-state index contributed by atoms with van der Waals surface area (Å²) in [4.78, 5) is 27.2. The zero-order chi connectivity index (χ0) is 16.6. The minimum absolute atomic E-state index is 0.116. The minimum Gasteiger partial charge on any atom is -0.478 e. The van der Waals surface area contributed by atoms with Crippen molar-refractivity contribution in [3.05, 3.63) is 59.8 Å². The quantitative estimate of drug-likeness (QED) is 0.723. The van der Waals surface area contributed by atoms with Gasteiger partial charge in [0.1, 0.15) is 12.7 Å². The molecule has 2 N–H and O–H groups in total. The monoisotopic (exact) mass is 309 g/mol. The highest BCUT2D eigenvalue weighted by Gasteiger charge is 2.19. The van der Waals surface area contributed by atoms with E-state index in [1.807, 2.05) is 0 Å². The number of hydrogen-bond acceptors (Lipinski definition) is 3. The van der Waals surface area contributed by atoms with Crippen molar-refractivity contribution < 1.29 is 24.4 Å². The van der Waals surface area contributed by atoms with Gasteiger partial charge in [-0.25, -0.2) is 14.6 Å². The SMILES string of the molecule is C[n+]1ccc(C(=O)O)cc1-c1cc(C(=O)O)c2ccccc2n1. The molecule has 2 aromatic heterocycles. The van der Waals surface area contributed by atoms with Crippen LogP contribution in [0, 0.1) is 0 Å². The second-order valence-electron chi connectivity index (χ2n) is 5.09. The van der Waals surface area contributed by atoms with Crippen LogP contribution in [0.2, 0.25) is 0 Å². The van der Waals surface area contributed by atoms with Crippen molar-refractivity contribution in [3.8, 4) is 11.4 Å². The molecular weight excluding hydrogens is 296 g/mol. The molecule has 0 saturated carbocycles. The Morgan fingerprint density at radius 3 is 2.48 bits per heavy atom. The van der Waals surface area contributed by atoms with E-state index in [0.717, 1.165) is 0 Å². The topological polar surface area (TPSA) is 91.4 Å². The number of benzene rings is 1. The number of aryl methyl sites for hydroxylation is 1. The molecule has 0 aliphatic heterocycles. The van der Waals surface area contributed by atoms with Crippen LogP contribution in [0.15, 0.2) is 48.7 Å². The molecule has 0 bridgehead atoms. The Bertz CT molecular complexity index is 950. The molecule has 6 heteroatoms. The van der Waals surface area contributed by atoms with Crippen molar-refractivity contribution >= 4 is 22.8 Å². The van der Waals surface area contributed by atoms with Gasteiger partial charge in [-0.05, 0) is 12.1 Å². The zero-order valence-electron chi connectivity index (χ0n) is 12.2. The Morgan fingerprint density at radius 2 is 1.78 bits per heavy atom. The van der Waals surface area contributed by atoms with Gasteiger partial charge in [0.15, 0.2) is 6.20 Å². The van der Waals surface area contributed by atoms with Crippen LogP contribution in [-0.2, 0) is 7.05 Å². The van der Waals surface area contributed by atoms with Crippen molar-refractivity contribution in [2.24, 2.45) is 7.05 Å². The molecule has 0 fully saturated rings. The molecule has 0 aliphatic carbocycles. The Labute approximate surface area is 131 Å². The highest BCUT2D eigenvalue weighted by atomic mass is 16.4. The summed E-state index contributed by atoms with van der Waals surface area (Å²) in [5, 5.41) is 19.1. The maximum Gasteiger partial charge on any atom is 0.336 e. The van der Waals surface area contributed by atoms with E-state index in [0.29, 0.717) is 22.3 Å². The van der Waals surface area contributed by atoms with E-state index in [1.165, 1.54) is 18.2 Å². The summed E-state index contributed by atoms with van der Waals surface area (Å²) < 4.78 is 1.70. The summed E-state index contributed by atoms with van der Waals surface area (Å²) in [6.07, 6.45) is 1.61. The van der Waals surface area contributed by atoms with Crippen molar-refractivity contribution in [1.29, 1.82) is 0 Å². The van der Waals surface area contributed by atoms with Gasteiger partial charge >= 0.3 is 11.9 Å². The molecule has 2 heterocycles. The van der Waals surface area contributed by atoms with Gasteiger partial charge in [0.2, 0.25) is 5.69 Å². The minimum atomic E-state index is -1.05. The normalized spacial score (nSPS) is 10.7. The summed E-state index contributed by atoms with van der Waals surface area (Å²) >= 11 is 0. The fourth-order valence-electron chi connectivity index (χ4n) is 2.44. The third-order valence-electron chi connectivity index (χ3n) is 3.61. The Kier molecular flexibility index (Phi) is 3.50. The summed E-state index contributed by atoms with van der Waals surface area (Å²) in [7, 11) is 1.75. The molecule has 0 spiro atoms. The zero-order valence-corrected chi connectivity index (χ0v) is 12.2. The summed E-state index contributed by atoms with van der Waals surface area (Å²) in [5.74, 6) is -2.10. The van der Waals surface area contributed by atoms with E-state index in [2.05, 4.69) is 4.98 Å². The van der Waals surface area contributed by atoms with Crippen LogP contribution in [0.5, 0.6) is 0 Å². The van der Waals surface area contributed by atoms with E-state index in [-0.39, 0.29) is 11.1 Å². The molecule has 114 valence electrons. The fraction of sp³-hybridized carbons (Fsp3) is 0.0588. The maximum absolute atomic E-state index is 11.5. The van der Waals surface area contributed by atoms with Crippen LogP contribution < -0.4 is 4.57 Å². The van der Waals surface area contributed by atoms with Gasteiger partial charge in [0, 0.05) is 17.5 Å². The maximum atomic E-state index is 11.5. The van der Waals surface area contributed by atoms with E-state index >= 15 is 0 Å². The second-order valence-corrected chi connectivity index (χ2v) is 5.09. The average Bonchev–Trinajstić information content (AvgIpc) is 2.53. The number of pyridine rings is 2. The lowest BCUT2D eigenvalue weighted by atomic mass is 10.1. The van der Waals surface area contributed by atoms with Gasteiger partial charge in [0.05, 0.1) is 16.6 Å². The number of carboxylic acids is 2. The van der Waals surface area contributed by atoms with Crippen LogP contribution in [0.4, 0.5) is 0 Å². The van der Waals surface area contributed by atoms with Gasteiger partial charge in [-0.15, -0.1) is 0 Å². The summed E-state index contributed by atoms with van der Waals surface area (Å²) in [5.41, 5.74) is 1.73. The first-order valence-corrected chi connectivity index (χ1v) is 6.84. The van der Waals surface area contributed by atoms with Gasteiger partial charge in [0.25, 0.3) is 0 Å². The lowest BCUT2D eigenvalue weighted by Crippen LogP contribution is -2.31. The molecule has 0 aliphatic rings. The van der Waals surface area contributed by atoms with E-state index in [1.54, 1.807) is 42.1 Å². The van der Waals surface area contributed by atoms with Crippen molar-refractivity contribution in [2.75, 3.05) is 0 Å². The summed E-state index contributed by atoms with van der Waals surface area (Å²) in [6, 6.07) is 11.4. The lowest BCUT2D eigenvalue weighted by Gasteiger charge is -2.06. The highest BCUT2D eigenvalue weighted by molar-refractivity contribution is 6.03. The molecule has 0 atom stereocenters. The number of rotatable bonds is 3. The third-order valence-corrected chi connectivity index (χ3v) is 3.61. The predicted octanol–water partition coefficient (Wildman–Crippen LogP) is 2.12. The smallest absolute Gasteiger partial charge is 0.336 e. The van der Waals surface area contributed by atoms with Crippen LogP contribution in [0.3, 0.4) is 0 Å². The molecule has 3 aromatic rings. The highest BCUT2D eigenvalue weighted by Crippen LogP contribution is 2.23. The Hall–Kier alpha value is -3.28. The number of carboxylic acid groups (broad SMARTS) is 2. The third kappa shape index (κ3) is 2.62. The van der Waals surface area contributed by atoms with E-state index in [4.69, 9.17) is 5.11 Å². The predicted molar refractivity (Wildman–Crippen MR) is 82.3 cm³/mol. The first-order chi connectivity index (χ1) is 11.0. The molecule has 3 rings (SSSR count). The van der Waals surface area contributed by atoms with E-state index < -0.39 is 11.9 Å². The number of aromatic nitrogens is 2. The first kappa shape index (κ1) is 14.6. The molecule has 1 aromatic carbocycles. The molecule has 0 radical (unpaired) electrons. The molecule has 6 nitrogen and oxygen atoms in total. The Morgan fingerprint density at radius 1 is 1.04 bits per heavy atom. The molecule has 0 amide bonds. The molecule has 23 heavy (non-hydrogen) atoms. The Balaban J connectivity index is 2.31. The lowest BCUT2D eigenvalue weighted by molar-refractivity contribution is -0.660. The van der Waals surface area contributed by atoms with Crippen molar-refractivity contribution in [3.63, 3.8) is 0 Å². The number of aromatic carboxylic acids is 2. The molecular formula is C17H13N2O4+. The molecule has 0 saturated heterocycles.